The van der Waals surface area contributed by atoms with E-state index in [1.165, 1.54) is 0 Å². The number of amides is 2. The summed E-state index contributed by atoms with van der Waals surface area (Å²) < 4.78 is 39.0. The van der Waals surface area contributed by atoms with Crippen LogP contribution in [0, 0.1) is 0 Å². The van der Waals surface area contributed by atoms with E-state index >= 15 is 0 Å². The molecule has 7 rings (SSSR count). The quantitative estimate of drug-likeness (QED) is 0.283. The number of halogens is 2. The summed E-state index contributed by atoms with van der Waals surface area (Å²) in [4.78, 5) is 26.4. The number of hydrogen-bond donors (Lipinski definition) is 1. The molecule has 1 fully saturated rings. The van der Waals surface area contributed by atoms with Crippen molar-refractivity contribution < 1.29 is 22.7 Å². The standard InChI is InChI=1S/C30H29Cl2N5O5S/c31-23-10-9-22-26(18-15-33-37(16-18)25-7-3-4-13-42-25)24-11-8-19(17-36(24)28(22)27(23)32)34-43(40,41)14-12-35-29(38)20-5-1-2-6-21(20)30(35)39/h1-2,5-6,9-10,15-16,19,25,34H,3-4,7-8,11-14,17H2. The Hall–Kier alpha value is -3.22. The van der Waals surface area contributed by atoms with Gasteiger partial charge in [0.1, 0.15) is 6.23 Å². The number of benzene rings is 2. The maximum atomic E-state index is 13.2. The third-order valence-electron chi connectivity index (χ3n) is 8.50. The van der Waals surface area contributed by atoms with Gasteiger partial charge in [-0.3, -0.25) is 14.5 Å². The number of nitrogens with zero attached hydrogens (tertiary/aromatic N) is 4. The molecule has 0 aliphatic carbocycles. The molecule has 5 heterocycles. The molecule has 1 saturated heterocycles. The summed E-state index contributed by atoms with van der Waals surface area (Å²) in [6.45, 7) is 0.832. The zero-order valence-corrected chi connectivity index (χ0v) is 25.5. The van der Waals surface area contributed by atoms with Gasteiger partial charge in [-0.25, -0.2) is 17.8 Å². The lowest BCUT2D eigenvalue weighted by atomic mass is 9.99. The molecule has 2 unspecified atom stereocenters. The number of fused-ring (bicyclic) bond motifs is 4. The van der Waals surface area contributed by atoms with Crippen LogP contribution in [0.1, 0.15) is 58.3 Å². The summed E-state index contributed by atoms with van der Waals surface area (Å²) in [5, 5.41) is 6.35. The minimum absolute atomic E-state index is 0.0932. The molecule has 4 aromatic rings. The predicted octanol–water partition coefficient (Wildman–Crippen LogP) is 5.04. The summed E-state index contributed by atoms with van der Waals surface area (Å²) in [6.07, 6.45) is 7.95. The molecule has 43 heavy (non-hydrogen) atoms. The molecule has 2 atom stereocenters. The molecule has 0 radical (unpaired) electrons. The van der Waals surface area contributed by atoms with E-state index in [0.717, 1.165) is 51.9 Å². The van der Waals surface area contributed by atoms with Crippen molar-refractivity contribution in [3.05, 3.63) is 75.7 Å². The van der Waals surface area contributed by atoms with E-state index in [0.29, 0.717) is 47.2 Å². The number of ether oxygens (including phenoxy) is 1. The number of aromatic nitrogens is 3. The van der Waals surface area contributed by atoms with Gasteiger partial charge in [0.2, 0.25) is 10.0 Å². The van der Waals surface area contributed by atoms with E-state index in [1.807, 2.05) is 27.7 Å². The van der Waals surface area contributed by atoms with E-state index in [-0.39, 0.29) is 12.8 Å². The molecule has 1 N–H and O–H groups in total. The van der Waals surface area contributed by atoms with Crippen LogP contribution in [0.3, 0.4) is 0 Å². The number of imide groups is 1. The first-order chi connectivity index (χ1) is 20.7. The molecular weight excluding hydrogens is 613 g/mol. The van der Waals surface area contributed by atoms with Crippen molar-refractivity contribution in [3.63, 3.8) is 0 Å². The molecule has 10 nitrogen and oxygen atoms in total. The van der Waals surface area contributed by atoms with Crippen LogP contribution >= 0.6 is 23.2 Å². The fourth-order valence-electron chi connectivity index (χ4n) is 6.46. The van der Waals surface area contributed by atoms with E-state index in [2.05, 4.69) is 9.82 Å². The van der Waals surface area contributed by atoms with Crippen molar-refractivity contribution >= 4 is 55.9 Å². The molecule has 224 valence electrons. The van der Waals surface area contributed by atoms with E-state index in [9.17, 15) is 18.0 Å². The maximum absolute atomic E-state index is 13.2. The van der Waals surface area contributed by atoms with Crippen molar-refractivity contribution in [1.82, 2.24) is 24.0 Å². The zero-order valence-electron chi connectivity index (χ0n) is 23.1. The Labute approximate surface area is 258 Å². The number of hydrogen-bond acceptors (Lipinski definition) is 6. The van der Waals surface area contributed by atoms with E-state index in [4.69, 9.17) is 27.9 Å². The van der Waals surface area contributed by atoms with Gasteiger partial charge in [0, 0.05) is 54.1 Å². The normalized spacial score (nSPS) is 20.6. The highest BCUT2D eigenvalue weighted by Crippen LogP contribution is 2.43. The van der Waals surface area contributed by atoms with E-state index in [1.54, 1.807) is 30.3 Å². The summed E-state index contributed by atoms with van der Waals surface area (Å²) in [5.41, 5.74) is 4.30. The number of sulfonamides is 1. The largest absolute Gasteiger partial charge is 0.357 e. The van der Waals surface area contributed by atoms with Crippen molar-refractivity contribution in [2.24, 2.45) is 0 Å². The van der Waals surface area contributed by atoms with Gasteiger partial charge in [-0.05, 0) is 50.3 Å². The fraction of sp³-hybridized carbons (Fsp3) is 0.367. The Balaban J connectivity index is 1.13. The van der Waals surface area contributed by atoms with Crippen molar-refractivity contribution in [3.8, 4) is 11.1 Å². The Morgan fingerprint density at radius 1 is 1.02 bits per heavy atom. The topological polar surface area (TPSA) is 116 Å². The minimum atomic E-state index is -3.83. The number of rotatable bonds is 7. The van der Waals surface area contributed by atoms with Crippen LogP contribution in [0.2, 0.25) is 10.0 Å². The van der Waals surface area contributed by atoms with Crippen LogP contribution in [0.15, 0.2) is 48.8 Å². The van der Waals surface area contributed by atoms with Gasteiger partial charge < -0.3 is 9.30 Å². The first kappa shape index (κ1) is 28.5. The van der Waals surface area contributed by atoms with Gasteiger partial charge in [-0.2, -0.15) is 5.10 Å². The van der Waals surface area contributed by atoms with Crippen molar-refractivity contribution in [2.75, 3.05) is 18.9 Å². The highest BCUT2D eigenvalue weighted by molar-refractivity contribution is 7.89. The van der Waals surface area contributed by atoms with Gasteiger partial charge in [0.15, 0.2) is 0 Å². The molecule has 0 spiro atoms. The Morgan fingerprint density at radius 2 is 1.79 bits per heavy atom. The van der Waals surface area contributed by atoms with Crippen LogP contribution < -0.4 is 4.72 Å². The van der Waals surface area contributed by atoms with Crippen LogP contribution in [0.5, 0.6) is 0 Å². The monoisotopic (exact) mass is 641 g/mol. The first-order valence-electron chi connectivity index (χ1n) is 14.3. The summed E-state index contributed by atoms with van der Waals surface area (Å²) in [5.74, 6) is -1.35. The first-order valence-corrected chi connectivity index (χ1v) is 16.7. The lowest BCUT2D eigenvalue weighted by Gasteiger charge is -2.27. The molecule has 3 aliphatic rings. The van der Waals surface area contributed by atoms with Gasteiger partial charge in [-0.1, -0.05) is 41.4 Å². The van der Waals surface area contributed by atoms with Crippen molar-refractivity contribution in [2.45, 2.75) is 50.9 Å². The highest BCUT2D eigenvalue weighted by Gasteiger charge is 2.36. The zero-order chi connectivity index (χ0) is 29.9. The van der Waals surface area contributed by atoms with E-state index < -0.39 is 33.6 Å². The Kier molecular flexibility index (Phi) is 7.33. The average Bonchev–Trinajstić information content (AvgIpc) is 3.68. The highest BCUT2D eigenvalue weighted by atomic mass is 35.5. The maximum Gasteiger partial charge on any atom is 0.261 e. The number of carbonyl (C=O) groups excluding carboxylic acids is 2. The average molecular weight is 643 g/mol. The SMILES string of the molecule is O=C1c2ccccc2C(=O)N1CCS(=O)(=O)NC1CCc2c(-c3cnn(C4CCCCO4)c3)c3ccc(Cl)c(Cl)c3n2C1. The van der Waals surface area contributed by atoms with Gasteiger partial charge in [-0.15, -0.1) is 0 Å². The van der Waals surface area contributed by atoms with Crippen LogP contribution in [-0.4, -0.2) is 64.4 Å². The molecular formula is C30H29Cl2N5O5S. The van der Waals surface area contributed by atoms with Gasteiger partial charge in [0.25, 0.3) is 11.8 Å². The third kappa shape index (κ3) is 5.06. The fourth-order valence-corrected chi connectivity index (χ4v) is 8.12. The van der Waals surface area contributed by atoms with Crippen LogP contribution in [-0.2, 0) is 27.7 Å². The van der Waals surface area contributed by atoms with Gasteiger partial charge in [0.05, 0.1) is 38.6 Å². The predicted molar refractivity (Wildman–Crippen MR) is 163 cm³/mol. The van der Waals surface area contributed by atoms with Crippen LogP contribution in [0.4, 0.5) is 0 Å². The number of carbonyl (C=O) groups is 2. The summed E-state index contributed by atoms with van der Waals surface area (Å²) in [6, 6.07) is 9.80. The lowest BCUT2D eigenvalue weighted by Crippen LogP contribution is -2.44. The molecule has 0 saturated carbocycles. The molecule has 2 amide bonds. The molecule has 0 bridgehead atoms. The van der Waals surface area contributed by atoms with Gasteiger partial charge >= 0.3 is 0 Å². The molecule has 13 heteroatoms. The second-order valence-corrected chi connectivity index (χ2v) is 13.9. The van der Waals surface area contributed by atoms with Crippen LogP contribution in [0.25, 0.3) is 22.0 Å². The van der Waals surface area contributed by atoms with Crippen molar-refractivity contribution in [1.29, 1.82) is 0 Å². The Bertz CT molecular complexity index is 1840. The molecule has 3 aliphatic heterocycles. The second kappa shape index (κ2) is 11.0. The Morgan fingerprint density at radius 3 is 2.51 bits per heavy atom. The molecule has 2 aromatic heterocycles. The summed E-state index contributed by atoms with van der Waals surface area (Å²) >= 11 is 13.2. The minimum Gasteiger partial charge on any atom is -0.357 e. The lowest BCUT2D eigenvalue weighted by molar-refractivity contribution is -0.0394. The summed E-state index contributed by atoms with van der Waals surface area (Å²) in [7, 11) is -3.83. The third-order valence-corrected chi connectivity index (χ3v) is 10.7. The second-order valence-electron chi connectivity index (χ2n) is 11.2. The molecule has 2 aromatic carbocycles. The number of nitrogens with one attached hydrogen (secondary N) is 1. The smallest absolute Gasteiger partial charge is 0.261 e.